The van der Waals surface area contributed by atoms with Crippen LogP contribution in [0.15, 0.2) is 48.1 Å². The number of allylic oxidation sites excluding steroid dienone is 7. The first kappa shape index (κ1) is 33.6. The van der Waals surface area contributed by atoms with Gasteiger partial charge >= 0.3 is 0 Å². The van der Waals surface area contributed by atoms with Gasteiger partial charge in [-0.25, -0.2) is 0 Å². The summed E-state index contributed by atoms with van der Waals surface area (Å²) in [6.45, 7) is 11.4. The highest BCUT2D eigenvalue weighted by molar-refractivity contribution is 6.21. The van der Waals surface area contributed by atoms with Crippen molar-refractivity contribution in [2.75, 3.05) is 19.6 Å². The van der Waals surface area contributed by atoms with Crippen LogP contribution in [-0.4, -0.2) is 58.3 Å². The highest BCUT2D eigenvalue weighted by atomic mass is 35.5. The second-order valence-corrected chi connectivity index (χ2v) is 11.4. The van der Waals surface area contributed by atoms with Gasteiger partial charge in [0.2, 0.25) is 5.91 Å². The van der Waals surface area contributed by atoms with Crippen LogP contribution in [-0.2, 0) is 4.79 Å². The van der Waals surface area contributed by atoms with Crippen molar-refractivity contribution in [3.8, 4) is 0 Å². The fraction of sp³-hybridized carbons (Fsp3) is 0.679. The number of alkyl halides is 1. The van der Waals surface area contributed by atoms with E-state index in [1.165, 1.54) is 12.0 Å². The van der Waals surface area contributed by atoms with Crippen molar-refractivity contribution < 1.29 is 21.2 Å². The van der Waals surface area contributed by atoms with Gasteiger partial charge in [-0.05, 0) is 67.3 Å². The van der Waals surface area contributed by atoms with Gasteiger partial charge in [-0.15, -0.1) is 11.6 Å². The molecule has 0 spiro atoms. The molecule has 0 saturated carbocycles. The van der Waals surface area contributed by atoms with Gasteiger partial charge in [0.15, 0.2) is 0 Å². The van der Waals surface area contributed by atoms with E-state index in [-0.39, 0.29) is 45.1 Å². The third-order valence-electron chi connectivity index (χ3n) is 7.46. The molecule has 35 heavy (non-hydrogen) atoms. The number of carbonyl (C=O) groups excluding carboxylic acids is 1. The lowest BCUT2D eigenvalue weighted by Crippen LogP contribution is -2.56. The molecule has 0 aromatic carbocycles. The maximum Gasteiger partial charge on any atom is 0.239 e. The van der Waals surface area contributed by atoms with Crippen LogP contribution in [0, 0.1) is 23.2 Å². The summed E-state index contributed by atoms with van der Waals surface area (Å²) in [5, 5.41) is 3.71. The second-order valence-electron chi connectivity index (χ2n) is 10.8. The van der Waals surface area contributed by atoms with Gasteiger partial charge in [-0.1, -0.05) is 70.2 Å². The minimum absolute atomic E-state index is 0. The average Bonchev–Trinajstić information content (AvgIpc) is 2.76. The third-order valence-corrected chi connectivity index (χ3v) is 7.83. The van der Waals surface area contributed by atoms with Crippen molar-refractivity contribution >= 4 is 17.5 Å². The fourth-order valence-corrected chi connectivity index (χ4v) is 5.83. The Morgan fingerprint density at radius 1 is 1.14 bits per heavy atom. The molecule has 6 nitrogen and oxygen atoms in total. The molecule has 3 unspecified atom stereocenters. The van der Waals surface area contributed by atoms with E-state index in [0.717, 1.165) is 51.7 Å². The maximum atomic E-state index is 13.5. The molecule has 7 heteroatoms. The standard InChI is InChI=1S/C28H43ClN2O.3H2O/c1-21(2)26(30-18-9-8-12-22-10-6-5-7-11-22)27(32)31-19-17-25(28(3,4)20-31)23-13-15-24(29)16-14-23;;;/h6,8-11,13,15,21,23-26,30H,5,7,12,14,16-20H2,1-4H3;3*1H2/b9-8+;;;/t23?,24?,25?,26-;;;/m1.../s1. The predicted octanol–water partition coefficient (Wildman–Crippen LogP) is 3.80. The van der Waals surface area contributed by atoms with E-state index >= 15 is 0 Å². The second kappa shape index (κ2) is 15.6. The Morgan fingerprint density at radius 3 is 2.46 bits per heavy atom. The molecule has 2 aliphatic carbocycles. The van der Waals surface area contributed by atoms with Crippen LogP contribution in [0.1, 0.15) is 66.2 Å². The third kappa shape index (κ3) is 9.51. The van der Waals surface area contributed by atoms with Gasteiger partial charge in [0.05, 0.1) is 11.4 Å². The van der Waals surface area contributed by atoms with Crippen molar-refractivity contribution in [3.63, 3.8) is 0 Å². The Kier molecular flexibility index (Phi) is 15.0. The van der Waals surface area contributed by atoms with Gasteiger partial charge < -0.3 is 26.6 Å². The van der Waals surface area contributed by atoms with Crippen LogP contribution >= 0.6 is 11.6 Å². The van der Waals surface area contributed by atoms with Crippen molar-refractivity contribution in [3.05, 3.63) is 48.1 Å². The first-order valence-corrected chi connectivity index (χ1v) is 13.1. The minimum atomic E-state index is -0.132. The molecule has 4 atom stereocenters. The van der Waals surface area contributed by atoms with Crippen LogP contribution in [0.25, 0.3) is 0 Å². The maximum absolute atomic E-state index is 13.5. The molecule has 0 aromatic heterocycles. The summed E-state index contributed by atoms with van der Waals surface area (Å²) in [6.07, 6.45) is 22.3. The zero-order valence-electron chi connectivity index (χ0n) is 22.0. The number of hydrogen-bond acceptors (Lipinski definition) is 2. The zero-order valence-corrected chi connectivity index (χ0v) is 22.8. The number of hydrogen-bond donors (Lipinski definition) is 1. The van der Waals surface area contributed by atoms with Crippen LogP contribution in [0.4, 0.5) is 0 Å². The van der Waals surface area contributed by atoms with Crippen molar-refractivity contribution in [1.82, 2.24) is 10.2 Å². The van der Waals surface area contributed by atoms with Gasteiger partial charge in [-0.3, -0.25) is 4.79 Å². The summed E-state index contributed by atoms with van der Waals surface area (Å²) < 4.78 is 0. The zero-order chi connectivity index (χ0) is 23.1. The molecule has 0 aromatic rings. The minimum Gasteiger partial charge on any atom is -0.412 e. The van der Waals surface area contributed by atoms with Crippen molar-refractivity contribution in [2.45, 2.75) is 77.6 Å². The van der Waals surface area contributed by atoms with Crippen molar-refractivity contribution in [1.29, 1.82) is 0 Å². The Balaban J connectivity index is 0.00000385. The number of rotatable bonds is 8. The number of halogens is 1. The van der Waals surface area contributed by atoms with Crippen LogP contribution in [0.5, 0.6) is 0 Å². The number of piperidine rings is 1. The molecule has 202 valence electrons. The predicted molar refractivity (Wildman–Crippen MR) is 148 cm³/mol. The molecular formula is C28H49ClN2O4. The highest BCUT2D eigenvalue weighted by Crippen LogP contribution is 2.43. The average molecular weight is 513 g/mol. The quantitative estimate of drug-likeness (QED) is 0.392. The SMILES string of the molecule is CC(C)[C@@H](NC/C=C/CC1=CCCC=C1)C(=O)N1CCC(C2C=CC(Cl)CC2)C(C)(C)C1.O.O.O. The molecule has 7 N–H and O–H groups in total. The van der Waals surface area contributed by atoms with Crippen LogP contribution in [0.3, 0.4) is 0 Å². The molecule has 3 aliphatic rings. The number of nitrogens with zero attached hydrogens (tertiary/aromatic N) is 1. The molecule has 1 amide bonds. The lowest BCUT2D eigenvalue weighted by Gasteiger charge is -2.48. The molecule has 1 saturated heterocycles. The summed E-state index contributed by atoms with van der Waals surface area (Å²) in [4.78, 5) is 15.6. The number of amides is 1. The summed E-state index contributed by atoms with van der Waals surface area (Å²) in [5.41, 5.74) is 1.51. The lowest BCUT2D eigenvalue weighted by molar-refractivity contribution is -0.139. The number of nitrogens with one attached hydrogen (secondary N) is 1. The van der Waals surface area contributed by atoms with Gasteiger partial charge in [-0.2, -0.15) is 0 Å². The van der Waals surface area contributed by atoms with E-state index < -0.39 is 0 Å². The van der Waals surface area contributed by atoms with E-state index in [2.05, 4.69) is 80.4 Å². The van der Waals surface area contributed by atoms with Crippen LogP contribution in [0.2, 0.25) is 0 Å². The molecule has 1 aliphatic heterocycles. The van der Waals surface area contributed by atoms with Crippen LogP contribution < -0.4 is 5.32 Å². The van der Waals surface area contributed by atoms with Crippen molar-refractivity contribution in [2.24, 2.45) is 23.2 Å². The number of carbonyl (C=O) groups is 1. The normalized spacial score (nSPS) is 26.4. The Bertz CT molecular complexity index is 760. The lowest BCUT2D eigenvalue weighted by atomic mass is 9.65. The van der Waals surface area contributed by atoms with Gasteiger partial charge in [0.1, 0.15) is 0 Å². The summed E-state index contributed by atoms with van der Waals surface area (Å²) in [7, 11) is 0. The molecule has 0 bridgehead atoms. The topological polar surface area (TPSA) is 127 Å². The Morgan fingerprint density at radius 2 is 1.89 bits per heavy atom. The van der Waals surface area contributed by atoms with E-state index in [1.807, 2.05) is 0 Å². The summed E-state index contributed by atoms with van der Waals surface area (Å²) in [6, 6.07) is -0.132. The summed E-state index contributed by atoms with van der Waals surface area (Å²) >= 11 is 6.26. The first-order valence-electron chi connectivity index (χ1n) is 12.6. The van der Waals surface area contributed by atoms with E-state index in [1.54, 1.807) is 0 Å². The molecule has 0 radical (unpaired) electrons. The molecule has 1 fully saturated rings. The van der Waals surface area contributed by atoms with Gasteiger partial charge in [0, 0.05) is 19.6 Å². The smallest absolute Gasteiger partial charge is 0.239 e. The van der Waals surface area contributed by atoms with E-state index in [9.17, 15) is 4.79 Å². The Labute approximate surface area is 217 Å². The Hall–Kier alpha value is -1.44. The monoisotopic (exact) mass is 512 g/mol. The fourth-order valence-electron chi connectivity index (χ4n) is 5.62. The van der Waals surface area contributed by atoms with Gasteiger partial charge in [0.25, 0.3) is 0 Å². The van der Waals surface area contributed by atoms with E-state index in [0.29, 0.717) is 11.8 Å². The molecule has 3 rings (SSSR count). The number of likely N-dealkylation sites (tertiary alicyclic amines) is 1. The molecular weight excluding hydrogens is 464 g/mol. The summed E-state index contributed by atoms with van der Waals surface area (Å²) in [5.74, 6) is 1.74. The highest BCUT2D eigenvalue weighted by Gasteiger charge is 2.42. The molecule has 1 heterocycles. The first-order chi connectivity index (χ1) is 15.3. The van der Waals surface area contributed by atoms with E-state index in [4.69, 9.17) is 11.6 Å². The largest absolute Gasteiger partial charge is 0.412 e.